The van der Waals surface area contributed by atoms with E-state index in [4.69, 9.17) is 19.2 Å². The van der Waals surface area contributed by atoms with Crippen LogP contribution in [0.1, 0.15) is 0 Å². The van der Waals surface area contributed by atoms with Crippen molar-refractivity contribution in [1.82, 2.24) is 4.90 Å². The van der Waals surface area contributed by atoms with Gasteiger partial charge < -0.3 is 19.6 Å². The third kappa shape index (κ3) is 7.17. The van der Waals surface area contributed by atoms with Crippen LogP contribution in [0.25, 0.3) is 0 Å². The first-order valence-electron chi connectivity index (χ1n) is 9.21. The van der Waals surface area contributed by atoms with Crippen LogP contribution in [0, 0.1) is 0 Å². The van der Waals surface area contributed by atoms with Gasteiger partial charge >= 0.3 is 7.82 Å². The van der Waals surface area contributed by atoms with E-state index in [-0.39, 0.29) is 0 Å². The average Bonchev–Trinajstić information content (AvgIpc) is 2.70. The van der Waals surface area contributed by atoms with Crippen molar-refractivity contribution in [2.75, 3.05) is 26.8 Å². The molecule has 0 heterocycles. The Morgan fingerprint density at radius 2 is 0.966 bits per heavy atom. The van der Waals surface area contributed by atoms with Crippen molar-refractivity contribution in [2.24, 2.45) is 0 Å². The van der Waals surface area contributed by atoms with Gasteiger partial charge in [0.05, 0.1) is 6.16 Å². The van der Waals surface area contributed by atoms with E-state index in [0.29, 0.717) is 0 Å². The Morgan fingerprint density at radius 1 is 0.690 bits per heavy atom. The molecule has 0 spiro atoms. The molecular weight excluding hydrogens is 404 g/mol. The molecule has 3 N–H and O–H groups in total. The van der Waals surface area contributed by atoms with Gasteiger partial charge in [-0.25, -0.2) is 4.57 Å². The van der Waals surface area contributed by atoms with E-state index in [2.05, 4.69) is 110 Å². The highest BCUT2D eigenvalue weighted by molar-refractivity contribution is 7.95. The highest BCUT2D eigenvalue weighted by Gasteiger charge is 2.44. The quantitative estimate of drug-likeness (QED) is 0.522. The van der Waals surface area contributed by atoms with Gasteiger partial charge in [-0.05, 0) is 50.5 Å². The number of benzene rings is 3. The number of nitrogens with zero attached hydrogens (tertiary/aromatic N) is 1. The van der Waals surface area contributed by atoms with E-state index < -0.39 is 15.1 Å². The molecule has 0 aromatic heterocycles. The van der Waals surface area contributed by atoms with E-state index in [1.807, 2.05) is 0 Å². The van der Waals surface area contributed by atoms with Crippen molar-refractivity contribution in [1.29, 1.82) is 0 Å². The van der Waals surface area contributed by atoms with Crippen LogP contribution in [0.3, 0.4) is 0 Å². The largest absolute Gasteiger partial charge is 0.466 e. The van der Waals surface area contributed by atoms with Crippen LogP contribution in [0.5, 0.6) is 0 Å². The lowest BCUT2D eigenvalue weighted by atomic mass is 10.4. The topological polar surface area (TPSA) is 81.0 Å². The summed E-state index contributed by atoms with van der Waals surface area (Å²) in [6, 6.07) is 33.2. The number of rotatable bonds is 6. The monoisotopic (exact) mass is 432 g/mol. The Morgan fingerprint density at radius 3 is 1.21 bits per heavy atom. The molecule has 3 rings (SSSR count). The molecular formula is C22H28NO4P2+. The lowest BCUT2D eigenvalue weighted by molar-refractivity contribution is 0.275. The van der Waals surface area contributed by atoms with Crippen molar-refractivity contribution < 1.29 is 19.2 Å². The molecule has 154 valence electrons. The fraction of sp³-hybridized carbons (Fsp3) is 0.182. The highest BCUT2D eigenvalue weighted by Crippen LogP contribution is 2.54. The van der Waals surface area contributed by atoms with Crippen molar-refractivity contribution in [2.45, 2.75) is 0 Å². The zero-order valence-electron chi connectivity index (χ0n) is 16.7. The number of hydrogen-bond acceptors (Lipinski definition) is 2. The normalized spacial score (nSPS) is 11.7. The van der Waals surface area contributed by atoms with Crippen molar-refractivity contribution in [3.63, 3.8) is 0 Å². The molecule has 0 radical (unpaired) electrons. The van der Waals surface area contributed by atoms with E-state index in [9.17, 15) is 0 Å². The lowest BCUT2D eigenvalue weighted by Gasteiger charge is -2.28. The summed E-state index contributed by atoms with van der Waals surface area (Å²) in [5.41, 5.74) is 0. The van der Waals surface area contributed by atoms with Crippen LogP contribution in [0.15, 0.2) is 91.0 Å². The Kier molecular flexibility index (Phi) is 8.73. The first kappa shape index (κ1) is 23.4. The van der Waals surface area contributed by atoms with Crippen molar-refractivity contribution in [3.05, 3.63) is 91.0 Å². The van der Waals surface area contributed by atoms with E-state index in [1.54, 1.807) is 0 Å². The Balaban J connectivity index is 0.000000537. The Hall–Kier alpha value is -1.84. The summed E-state index contributed by atoms with van der Waals surface area (Å²) in [7, 11) is -1.96. The first-order chi connectivity index (χ1) is 13.7. The second-order valence-electron chi connectivity index (χ2n) is 6.86. The van der Waals surface area contributed by atoms with Gasteiger partial charge in [0.25, 0.3) is 0 Å². The predicted molar refractivity (Wildman–Crippen MR) is 123 cm³/mol. The maximum atomic E-state index is 8.88. The Labute approximate surface area is 173 Å². The molecule has 0 bridgehead atoms. The molecule has 29 heavy (non-hydrogen) atoms. The molecule has 0 aliphatic heterocycles. The van der Waals surface area contributed by atoms with Crippen LogP contribution in [0.4, 0.5) is 0 Å². The summed E-state index contributed by atoms with van der Waals surface area (Å²) < 4.78 is 8.88. The SMILES string of the molecule is CN(C)CC[P+](c1ccccc1)(c1ccccc1)c1ccccc1.O=P(O)(O)O. The second kappa shape index (κ2) is 10.8. The minimum Gasteiger partial charge on any atom is -0.306 e. The van der Waals surface area contributed by atoms with Crippen LogP contribution in [-0.4, -0.2) is 46.4 Å². The molecule has 5 nitrogen and oxygen atoms in total. The van der Waals surface area contributed by atoms with Gasteiger partial charge in [-0.3, -0.25) is 0 Å². The molecule has 7 heteroatoms. The first-order valence-corrected chi connectivity index (χ1v) is 12.8. The summed E-state index contributed by atoms with van der Waals surface area (Å²) in [6.45, 7) is 1.08. The van der Waals surface area contributed by atoms with Gasteiger partial charge in [0.2, 0.25) is 0 Å². The fourth-order valence-electron chi connectivity index (χ4n) is 3.23. The summed E-state index contributed by atoms with van der Waals surface area (Å²) in [5.74, 6) is 0. The third-order valence-electron chi connectivity index (χ3n) is 4.47. The summed E-state index contributed by atoms with van der Waals surface area (Å²) in [5, 5.41) is 4.39. The standard InChI is InChI=1S/C22H25NP.H3O4P/c1-23(2)18-19-24(20-12-6-3-7-13-20,21-14-8-4-9-15-21)22-16-10-5-11-17-22;1-5(2,3)4/h3-17H,18-19H2,1-2H3;(H3,1,2,3,4)/q+1;. The molecule has 3 aromatic rings. The van der Waals surface area contributed by atoms with Gasteiger partial charge in [0.1, 0.15) is 23.2 Å². The smallest absolute Gasteiger partial charge is 0.306 e. The molecule has 0 unspecified atom stereocenters. The van der Waals surface area contributed by atoms with E-state index >= 15 is 0 Å². The maximum Gasteiger partial charge on any atom is 0.466 e. The summed E-state index contributed by atoms with van der Waals surface area (Å²) in [6.07, 6.45) is 1.15. The summed E-state index contributed by atoms with van der Waals surface area (Å²) in [4.78, 5) is 23.9. The second-order valence-corrected chi connectivity index (χ2v) is 11.5. The molecule has 0 fully saturated rings. The maximum absolute atomic E-state index is 8.88. The lowest BCUT2D eigenvalue weighted by Crippen LogP contribution is -2.36. The molecule has 0 saturated carbocycles. The fourth-order valence-corrected chi connectivity index (χ4v) is 7.64. The molecule has 0 amide bonds. The van der Waals surface area contributed by atoms with Crippen LogP contribution < -0.4 is 15.9 Å². The predicted octanol–water partition coefficient (Wildman–Crippen LogP) is 2.61. The number of phosphoric acid groups is 1. The molecule has 0 atom stereocenters. The zero-order chi connectivity index (χ0) is 21.3. The van der Waals surface area contributed by atoms with E-state index in [0.717, 1.165) is 12.7 Å². The average molecular weight is 432 g/mol. The van der Waals surface area contributed by atoms with E-state index in [1.165, 1.54) is 15.9 Å². The van der Waals surface area contributed by atoms with Gasteiger partial charge in [0.15, 0.2) is 0 Å². The highest BCUT2D eigenvalue weighted by atomic mass is 31.2. The van der Waals surface area contributed by atoms with Gasteiger partial charge in [-0.1, -0.05) is 54.6 Å². The minimum atomic E-state index is -4.64. The van der Waals surface area contributed by atoms with Crippen LogP contribution in [0.2, 0.25) is 0 Å². The van der Waals surface area contributed by atoms with Gasteiger partial charge in [0, 0.05) is 6.54 Å². The number of hydrogen-bond donors (Lipinski definition) is 3. The molecule has 0 aliphatic rings. The summed E-state index contributed by atoms with van der Waals surface area (Å²) >= 11 is 0. The van der Waals surface area contributed by atoms with Crippen molar-refractivity contribution in [3.8, 4) is 0 Å². The van der Waals surface area contributed by atoms with Crippen LogP contribution in [-0.2, 0) is 4.57 Å². The third-order valence-corrected chi connectivity index (χ3v) is 8.88. The van der Waals surface area contributed by atoms with Crippen LogP contribution >= 0.6 is 15.1 Å². The van der Waals surface area contributed by atoms with Gasteiger partial charge in [-0.2, -0.15) is 0 Å². The zero-order valence-corrected chi connectivity index (χ0v) is 18.5. The Bertz CT molecular complexity index is 795. The minimum absolute atomic E-state index is 1.08. The van der Waals surface area contributed by atoms with Gasteiger partial charge in [-0.15, -0.1) is 0 Å². The molecule has 0 aliphatic carbocycles. The molecule has 0 saturated heterocycles. The van der Waals surface area contributed by atoms with Crippen molar-refractivity contribution >= 4 is 31.0 Å². The molecule has 3 aromatic carbocycles.